The molecule has 104 valence electrons. The molecule has 1 aromatic carbocycles. The first-order chi connectivity index (χ1) is 9.19. The number of rotatable bonds is 2. The first-order valence-corrected chi connectivity index (χ1v) is 7.26. The SMILES string of the molecule is NCC1(C2(O)CCc3ccccc3C2)CCOCC1. The Bertz CT molecular complexity index is 454. The third-order valence-corrected chi connectivity index (χ3v) is 5.24. The van der Waals surface area contributed by atoms with E-state index in [2.05, 4.69) is 24.3 Å². The van der Waals surface area contributed by atoms with Gasteiger partial charge in [-0.3, -0.25) is 0 Å². The lowest BCUT2D eigenvalue weighted by Crippen LogP contribution is -2.57. The highest BCUT2D eigenvalue weighted by molar-refractivity contribution is 5.32. The molecule has 2 aliphatic rings. The molecule has 3 heteroatoms. The lowest BCUT2D eigenvalue weighted by molar-refractivity contribution is -0.135. The van der Waals surface area contributed by atoms with Crippen LogP contribution >= 0.6 is 0 Å². The van der Waals surface area contributed by atoms with E-state index in [0.29, 0.717) is 6.54 Å². The standard InChI is InChI=1S/C16H23NO2/c17-12-15(7-9-19-10-8-15)16(18)6-5-13-3-1-2-4-14(13)11-16/h1-4,18H,5-12,17H2. The molecule has 1 unspecified atom stereocenters. The van der Waals surface area contributed by atoms with Crippen molar-refractivity contribution < 1.29 is 9.84 Å². The average molecular weight is 261 g/mol. The van der Waals surface area contributed by atoms with E-state index >= 15 is 0 Å². The van der Waals surface area contributed by atoms with E-state index < -0.39 is 5.60 Å². The van der Waals surface area contributed by atoms with Gasteiger partial charge in [0.25, 0.3) is 0 Å². The molecule has 3 N–H and O–H groups in total. The summed E-state index contributed by atoms with van der Waals surface area (Å²) in [5.74, 6) is 0. The van der Waals surface area contributed by atoms with Crippen LogP contribution in [-0.2, 0) is 17.6 Å². The Hall–Kier alpha value is -0.900. The van der Waals surface area contributed by atoms with Gasteiger partial charge in [0.05, 0.1) is 5.60 Å². The molecular formula is C16H23NO2. The van der Waals surface area contributed by atoms with Gasteiger partial charge in [0.15, 0.2) is 0 Å². The first kappa shape index (κ1) is 13.1. The third kappa shape index (κ3) is 2.10. The van der Waals surface area contributed by atoms with Gasteiger partial charge in [0, 0.05) is 31.6 Å². The Balaban J connectivity index is 1.91. The molecule has 1 fully saturated rings. The van der Waals surface area contributed by atoms with Crippen molar-refractivity contribution in [1.29, 1.82) is 0 Å². The molecule has 0 amide bonds. The molecule has 3 rings (SSSR count). The topological polar surface area (TPSA) is 55.5 Å². The lowest BCUT2D eigenvalue weighted by atomic mass is 9.60. The van der Waals surface area contributed by atoms with E-state index in [1.54, 1.807) is 0 Å². The highest BCUT2D eigenvalue weighted by atomic mass is 16.5. The van der Waals surface area contributed by atoms with Crippen molar-refractivity contribution in [3.8, 4) is 0 Å². The summed E-state index contributed by atoms with van der Waals surface area (Å²) in [6, 6.07) is 8.46. The Morgan fingerprint density at radius 3 is 2.47 bits per heavy atom. The zero-order valence-electron chi connectivity index (χ0n) is 11.4. The Morgan fingerprint density at radius 1 is 1.11 bits per heavy atom. The average Bonchev–Trinajstić information content (AvgIpc) is 2.47. The van der Waals surface area contributed by atoms with E-state index in [0.717, 1.165) is 45.3 Å². The molecule has 1 aliphatic carbocycles. The fourth-order valence-electron chi connectivity index (χ4n) is 3.79. The normalized spacial score (nSPS) is 29.8. The number of hydrogen-bond acceptors (Lipinski definition) is 3. The molecule has 1 heterocycles. The number of hydrogen-bond donors (Lipinski definition) is 2. The molecular weight excluding hydrogens is 238 g/mol. The molecule has 3 nitrogen and oxygen atoms in total. The van der Waals surface area contributed by atoms with Gasteiger partial charge < -0.3 is 15.6 Å². The van der Waals surface area contributed by atoms with Crippen LogP contribution in [0, 0.1) is 5.41 Å². The summed E-state index contributed by atoms with van der Waals surface area (Å²) < 4.78 is 5.47. The molecule has 0 saturated carbocycles. The second-order valence-corrected chi connectivity index (χ2v) is 6.07. The second kappa shape index (κ2) is 4.89. The van der Waals surface area contributed by atoms with Crippen LogP contribution in [0.2, 0.25) is 0 Å². The van der Waals surface area contributed by atoms with Gasteiger partial charge in [0.2, 0.25) is 0 Å². The summed E-state index contributed by atoms with van der Waals surface area (Å²) in [6.07, 6.45) is 4.27. The largest absolute Gasteiger partial charge is 0.389 e. The van der Waals surface area contributed by atoms with Crippen molar-refractivity contribution in [3.63, 3.8) is 0 Å². The van der Waals surface area contributed by atoms with Gasteiger partial charge in [-0.15, -0.1) is 0 Å². The van der Waals surface area contributed by atoms with Crippen LogP contribution < -0.4 is 5.73 Å². The fourth-order valence-corrected chi connectivity index (χ4v) is 3.79. The summed E-state index contributed by atoms with van der Waals surface area (Å²) >= 11 is 0. The number of ether oxygens (including phenoxy) is 1. The summed E-state index contributed by atoms with van der Waals surface area (Å²) in [5, 5.41) is 11.3. The number of benzene rings is 1. The molecule has 19 heavy (non-hydrogen) atoms. The summed E-state index contributed by atoms with van der Waals surface area (Å²) in [6.45, 7) is 2.00. The van der Waals surface area contributed by atoms with Crippen LogP contribution in [0.4, 0.5) is 0 Å². The van der Waals surface area contributed by atoms with Gasteiger partial charge in [-0.1, -0.05) is 24.3 Å². The summed E-state index contributed by atoms with van der Waals surface area (Å²) in [7, 11) is 0. The smallest absolute Gasteiger partial charge is 0.0760 e. The highest BCUT2D eigenvalue weighted by Crippen LogP contribution is 2.46. The molecule has 0 bridgehead atoms. The van der Waals surface area contributed by atoms with E-state index in [-0.39, 0.29) is 5.41 Å². The van der Waals surface area contributed by atoms with Crippen molar-refractivity contribution in [1.82, 2.24) is 0 Å². The van der Waals surface area contributed by atoms with E-state index in [4.69, 9.17) is 10.5 Å². The maximum atomic E-state index is 11.3. The third-order valence-electron chi connectivity index (χ3n) is 5.24. The number of aryl methyl sites for hydroxylation is 1. The van der Waals surface area contributed by atoms with Crippen molar-refractivity contribution in [2.75, 3.05) is 19.8 Å². The van der Waals surface area contributed by atoms with Crippen LogP contribution in [0.1, 0.15) is 30.4 Å². The quantitative estimate of drug-likeness (QED) is 0.851. The summed E-state index contributed by atoms with van der Waals surface area (Å²) in [5.41, 5.74) is 7.89. The van der Waals surface area contributed by atoms with Crippen LogP contribution in [0.25, 0.3) is 0 Å². The van der Waals surface area contributed by atoms with E-state index in [9.17, 15) is 5.11 Å². The molecule has 1 aliphatic heterocycles. The first-order valence-electron chi connectivity index (χ1n) is 7.26. The van der Waals surface area contributed by atoms with Gasteiger partial charge in [-0.2, -0.15) is 0 Å². The second-order valence-electron chi connectivity index (χ2n) is 6.07. The molecule has 1 atom stereocenters. The number of nitrogens with two attached hydrogens (primary N) is 1. The van der Waals surface area contributed by atoms with E-state index in [1.165, 1.54) is 11.1 Å². The van der Waals surface area contributed by atoms with Crippen molar-refractivity contribution >= 4 is 0 Å². The minimum absolute atomic E-state index is 0.168. The zero-order valence-corrected chi connectivity index (χ0v) is 11.4. The van der Waals surface area contributed by atoms with Gasteiger partial charge in [-0.05, 0) is 36.8 Å². The Morgan fingerprint density at radius 2 is 1.79 bits per heavy atom. The summed E-state index contributed by atoms with van der Waals surface area (Å²) in [4.78, 5) is 0. The Kier molecular flexibility index (Phi) is 3.37. The molecule has 0 radical (unpaired) electrons. The maximum Gasteiger partial charge on any atom is 0.0760 e. The van der Waals surface area contributed by atoms with Crippen molar-refractivity contribution in [3.05, 3.63) is 35.4 Å². The van der Waals surface area contributed by atoms with Crippen LogP contribution in [0.15, 0.2) is 24.3 Å². The lowest BCUT2D eigenvalue weighted by Gasteiger charge is -2.51. The molecule has 1 saturated heterocycles. The molecule has 1 aromatic rings. The van der Waals surface area contributed by atoms with Crippen molar-refractivity contribution in [2.24, 2.45) is 11.1 Å². The van der Waals surface area contributed by atoms with Crippen LogP contribution in [0.3, 0.4) is 0 Å². The maximum absolute atomic E-state index is 11.3. The van der Waals surface area contributed by atoms with Gasteiger partial charge >= 0.3 is 0 Å². The number of fused-ring (bicyclic) bond motifs is 1. The minimum atomic E-state index is -0.667. The van der Waals surface area contributed by atoms with E-state index in [1.807, 2.05) is 0 Å². The zero-order chi connectivity index (χ0) is 13.3. The molecule has 0 spiro atoms. The van der Waals surface area contributed by atoms with Crippen molar-refractivity contribution in [2.45, 2.75) is 37.7 Å². The fraction of sp³-hybridized carbons (Fsp3) is 0.625. The number of aliphatic hydroxyl groups is 1. The monoisotopic (exact) mass is 261 g/mol. The predicted molar refractivity (Wildman–Crippen MR) is 75.0 cm³/mol. The molecule has 0 aromatic heterocycles. The van der Waals surface area contributed by atoms with Gasteiger partial charge in [0.1, 0.15) is 0 Å². The van der Waals surface area contributed by atoms with Gasteiger partial charge in [-0.25, -0.2) is 0 Å². The minimum Gasteiger partial charge on any atom is -0.389 e. The highest BCUT2D eigenvalue weighted by Gasteiger charge is 2.50. The predicted octanol–water partition coefficient (Wildman–Crippen LogP) is 1.66. The van der Waals surface area contributed by atoms with Crippen LogP contribution in [0.5, 0.6) is 0 Å². The Labute approximate surface area is 114 Å². The van der Waals surface area contributed by atoms with Crippen LogP contribution in [-0.4, -0.2) is 30.5 Å².